The maximum atomic E-state index is 13.3. The number of aliphatic hydroxyl groups excluding tert-OH is 1. The highest BCUT2D eigenvalue weighted by molar-refractivity contribution is 6.46. The number of rotatable bonds is 6. The number of methoxy groups -OCH3 is 1. The molecule has 1 amide bonds. The van der Waals surface area contributed by atoms with Crippen LogP contribution in [-0.4, -0.2) is 73.0 Å². The second-order valence-corrected chi connectivity index (χ2v) is 10.2. The van der Waals surface area contributed by atoms with Crippen molar-refractivity contribution >= 4 is 17.4 Å². The van der Waals surface area contributed by atoms with Gasteiger partial charge in [-0.1, -0.05) is 45.0 Å². The topological polar surface area (TPSA) is 82.1 Å². The van der Waals surface area contributed by atoms with Gasteiger partial charge in [-0.2, -0.15) is 0 Å². The van der Waals surface area contributed by atoms with Crippen LogP contribution in [0.1, 0.15) is 43.5 Å². The maximum Gasteiger partial charge on any atom is 0.295 e. The fraction of sp³-hybridized carbons (Fsp3) is 0.429. The van der Waals surface area contributed by atoms with E-state index in [9.17, 15) is 14.7 Å². The molecule has 2 aliphatic rings. The summed E-state index contributed by atoms with van der Waals surface area (Å²) in [5.74, 6) is -0.739. The quantitative estimate of drug-likeness (QED) is 0.377. The van der Waals surface area contributed by atoms with Gasteiger partial charge in [0.15, 0.2) is 0 Å². The smallest absolute Gasteiger partial charge is 0.295 e. The molecule has 186 valence electrons. The number of likely N-dealkylation sites (tertiary alicyclic amines) is 1. The van der Waals surface area contributed by atoms with E-state index in [0.29, 0.717) is 24.4 Å². The summed E-state index contributed by atoms with van der Waals surface area (Å²) in [4.78, 5) is 30.4. The zero-order valence-electron chi connectivity index (χ0n) is 21.0. The van der Waals surface area contributed by atoms with Gasteiger partial charge in [0.05, 0.1) is 18.7 Å². The number of carbonyl (C=O) groups excluding carboxylic acids is 2. The highest BCUT2D eigenvalue weighted by Crippen LogP contribution is 2.40. The summed E-state index contributed by atoms with van der Waals surface area (Å²) in [5.41, 5.74) is 2.55. The third-order valence-corrected chi connectivity index (χ3v) is 6.86. The summed E-state index contributed by atoms with van der Waals surface area (Å²) < 4.78 is 5.21. The van der Waals surface area contributed by atoms with Crippen molar-refractivity contribution in [3.63, 3.8) is 0 Å². The van der Waals surface area contributed by atoms with Crippen molar-refractivity contribution in [1.82, 2.24) is 15.1 Å². The van der Waals surface area contributed by atoms with Crippen LogP contribution >= 0.6 is 0 Å². The fourth-order valence-electron chi connectivity index (χ4n) is 4.71. The monoisotopic (exact) mass is 477 g/mol. The number of Topliss-reactive ketones (excluding diaryl/α,β-unsaturated/α-hetero) is 1. The average molecular weight is 478 g/mol. The Balaban J connectivity index is 1.74. The zero-order valence-corrected chi connectivity index (χ0v) is 21.0. The molecule has 2 saturated heterocycles. The number of hydrogen-bond donors (Lipinski definition) is 2. The molecule has 2 heterocycles. The third-order valence-electron chi connectivity index (χ3n) is 6.86. The van der Waals surface area contributed by atoms with Crippen molar-refractivity contribution in [2.75, 3.05) is 46.4 Å². The second-order valence-electron chi connectivity index (χ2n) is 10.2. The number of carbonyl (C=O) groups is 2. The first kappa shape index (κ1) is 24.9. The van der Waals surface area contributed by atoms with E-state index in [2.05, 4.69) is 31.0 Å². The Bertz CT molecular complexity index is 1090. The lowest BCUT2D eigenvalue weighted by molar-refractivity contribution is -0.140. The predicted molar refractivity (Wildman–Crippen MR) is 136 cm³/mol. The van der Waals surface area contributed by atoms with Crippen molar-refractivity contribution in [1.29, 1.82) is 0 Å². The lowest BCUT2D eigenvalue weighted by Crippen LogP contribution is -2.46. The predicted octanol–water partition coefficient (Wildman–Crippen LogP) is 3.32. The lowest BCUT2D eigenvalue weighted by Gasteiger charge is -2.31. The van der Waals surface area contributed by atoms with E-state index >= 15 is 0 Å². The molecule has 0 bridgehead atoms. The van der Waals surface area contributed by atoms with E-state index in [0.717, 1.165) is 37.3 Å². The van der Waals surface area contributed by atoms with Gasteiger partial charge in [-0.15, -0.1) is 0 Å². The normalized spacial score (nSPS) is 20.9. The van der Waals surface area contributed by atoms with Gasteiger partial charge in [0.2, 0.25) is 0 Å². The van der Waals surface area contributed by atoms with Crippen LogP contribution in [0.15, 0.2) is 54.1 Å². The molecule has 2 N–H and O–H groups in total. The minimum absolute atomic E-state index is 0.0221. The molecule has 0 saturated carbocycles. The number of piperazine rings is 1. The van der Waals surface area contributed by atoms with Gasteiger partial charge >= 0.3 is 0 Å². The number of aliphatic hydroxyl groups is 1. The van der Waals surface area contributed by atoms with Crippen LogP contribution in [0.3, 0.4) is 0 Å². The highest BCUT2D eigenvalue weighted by atomic mass is 16.5. The van der Waals surface area contributed by atoms with Gasteiger partial charge < -0.3 is 20.1 Å². The van der Waals surface area contributed by atoms with Gasteiger partial charge in [0, 0.05) is 44.8 Å². The molecule has 1 atom stereocenters. The SMILES string of the molecule is COc1ccc(/C(O)=C2\C(=O)C(=O)N(CCN3CCNCC3)C2c2ccc(C(C)(C)C)cc2)cc1. The van der Waals surface area contributed by atoms with E-state index in [1.54, 1.807) is 36.3 Å². The maximum absolute atomic E-state index is 13.3. The van der Waals surface area contributed by atoms with Crippen LogP contribution < -0.4 is 10.1 Å². The molecule has 0 aliphatic carbocycles. The number of benzene rings is 2. The number of nitrogens with one attached hydrogen (secondary N) is 1. The van der Waals surface area contributed by atoms with Gasteiger partial charge in [-0.05, 0) is 40.8 Å². The summed E-state index contributed by atoms with van der Waals surface area (Å²) in [7, 11) is 1.57. The van der Waals surface area contributed by atoms with Crippen molar-refractivity contribution in [2.45, 2.75) is 32.2 Å². The first-order valence-corrected chi connectivity index (χ1v) is 12.2. The van der Waals surface area contributed by atoms with Crippen molar-refractivity contribution < 1.29 is 19.4 Å². The number of hydrogen-bond acceptors (Lipinski definition) is 6. The largest absolute Gasteiger partial charge is 0.507 e. The van der Waals surface area contributed by atoms with E-state index in [4.69, 9.17) is 4.74 Å². The minimum atomic E-state index is -0.650. The Labute approximate surface area is 207 Å². The van der Waals surface area contributed by atoms with Crippen LogP contribution in [0, 0.1) is 0 Å². The van der Waals surface area contributed by atoms with E-state index in [1.807, 2.05) is 24.3 Å². The molecule has 35 heavy (non-hydrogen) atoms. The Morgan fingerprint density at radius 1 is 1.00 bits per heavy atom. The number of ketones is 1. The summed E-state index contributed by atoms with van der Waals surface area (Å²) in [6.45, 7) is 11.1. The molecule has 0 spiro atoms. The Kier molecular flexibility index (Phi) is 7.28. The molecule has 0 radical (unpaired) electrons. The van der Waals surface area contributed by atoms with Gasteiger partial charge in [0.1, 0.15) is 11.5 Å². The molecule has 2 aromatic rings. The Morgan fingerprint density at radius 3 is 2.20 bits per heavy atom. The van der Waals surface area contributed by atoms with Crippen LogP contribution in [0.4, 0.5) is 0 Å². The van der Waals surface area contributed by atoms with Crippen LogP contribution in [0.5, 0.6) is 5.75 Å². The fourth-order valence-corrected chi connectivity index (χ4v) is 4.71. The Hall–Kier alpha value is -3.16. The number of amides is 1. The first-order valence-electron chi connectivity index (χ1n) is 12.2. The van der Waals surface area contributed by atoms with Gasteiger partial charge in [-0.3, -0.25) is 14.5 Å². The van der Waals surface area contributed by atoms with E-state index in [1.165, 1.54) is 0 Å². The molecule has 2 fully saturated rings. The zero-order chi connectivity index (χ0) is 25.2. The summed E-state index contributed by atoms with van der Waals surface area (Å²) in [6, 6.07) is 14.2. The third kappa shape index (κ3) is 5.26. The molecular formula is C28H35N3O4. The highest BCUT2D eigenvalue weighted by Gasteiger charge is 2.46. The minimum Gasteiger partial charge on any atom is -0.507 e. The number of ether oxygens (including phenoxy) is 1. The molecule has 2 aromatic carbocycles. The molecular weight excluding hydrogens is 442 g/mol. The van der Waals surface area contributed by atoms with E-state index < -0.39 is 17.7 Å². The Morgan fingerprint density at radius 2 is 1.63 bits per heavy atom. The van der Waals surface area contributed by atoms with Crippen molar-refractivity contribution in [2.24, 2.45) is 0 Å². The van der Waals surface area contributed by atoms with Crippen LogP contribution in [-0.2, 0) is 15.0 Å². The van der Waals surface area contributed by atoms with Crippen molar-refractivity contribution in [3.05, 3.63) is 70.8 Å². The van der Waals surface area contributed by atoms with Gasteiger partial charge in [0.25, 0.3) is 11.7 Å². The standard InChI is InChI=1S/C28H35N3O4/c1-28(2,3)21-9-5-19(6-10-21)24-23(25(32)20-7-11-22(35-4)12-8-20)26(33)27(34)31(24)18-17-30-15-13-29-14-16-30/h5-12,24,29,32H,13-18H2,1-4H3/b25-23+. The van der Waals surface area contributed by atoms with Gasteiger partial charge in [-0.25, -0.2) is 0 Å². The van der Waals surface area contributed by atoms with Crippen molar-refractivity contribution in [3.8, 4) is 5.75 Å². The van der Waals surface area contributed by atoms with Crippen LogP contribution in [0.2, 0.25) is 0 Å². The van der Waals surface area contributed by atoms with E-state index in [-0.39, 0.29) is 16.7 Å². The van der Waals surface area contributed by atoms with Crippen LogP contribution in [0.25, 0.3) is 5.76 Å². The molecule has 7 nitrogen and oxygen atoms in total. The summed E-state index contributed by atoms with van der Waals surface area (Å²) in [5, 5.41) is 14.6. The molecule has 7 heteroatoms. The summed E-state index contributed by atoms with van der Waals surface area (Å²) >= 11 is 0. The lowest BCUT2D eigenvalue weighted by atomic mass is 9.85. The molecule has 4 rings (SSSR count). The first-order chi connectivity index (χ1) is 16.7. The molecule has 2 aliphatic heterocycles. The summed E-state index contributed by atoms with van der Waals surface area (Å²) in [6.07, 6.45) is 0. The molecule has 0 aromatic heterocycles. The number of nitrogens with zero attached hydrogens (tertiary/aromatic N) is 2. The average Bonchev–Trinajstić information content (AvgIpc) is 3.12. The molecule has 1 unspecified atom stereocenters. The second kappa shape index (κ2) is 10.2.